The number of aliphatic hydroxyl groups excluding tert-OH is 2. The van der Waals surface area contributed by atoms with Crippen molar-refractivity contribution in [3.63, 3.8) is 0 Å². The zero-order valence-corrected chi connectivity index (χ0v) is 9.51. The van der Waals surface area contributed by atoms with Gasteiger partial charge in [0.15, 0.2) is 0 Å². The molecule has 84 valence electrons. The van der Waals surface area contributed by atoms with Gasteiger partial charge in [0.05, 0.1) is 6.10 Å². The summed E-state index contributed by atoms with van der Waals surface area (Å²) in [4.78, 5) is 4.03. The molecule has 2 rings (SSSR count). The summed E-state index contributed by atoms with van der Waals surface area (Å²) >= 11 is 3.97. The van der Waals surface area contributed by atoms with Gasteiger partial charge in [0.1, 0.15) is 6.10 Å². The summed E-state index contributed by atoms with van der Waals surface area (Å²) in [7, 11) is 0. The quantitative estimate of drug-likeness (QED) is 0.708. The van der Waals surface area contributed by atoms with Crippen LogP contribution < -0.4 is 0 Å². The molecule has 2 aromatic rings. The molecule has 3 nitrogen and oxygen atoms in total. The smallest absolute Gasteiger partial charge is 0.106 e. The molecule has 1 aromatic heterocycles. The largest absolute Gasteiger partial charge is 0.389 e. The summed E-state index contributed by atoms with van der Waals surface area (Å²) in [5, 5.41) is 21.4. The van der Waals surface area contributed by atoms with E-state index >= 15 is 0 Å². The van der Waals surface area contributed by atoms with E-state index in [0.717, 1.165) is 10.8 Å². The van der Waals surface area contributed by atoms with E-state index in [-0.39, 0.29) is 5.75 Å². The van der Waals surface area contributed by atoms with Crippen molar-refractivity contribution < 1.29 is 10.2 Å². The van der Waals surface area contributed by atoms with Crippen molar-refractivity contribution in [2.45, 2.75) is 12.2 Å². The summed E-state index contributed by atoms with van der Waals surface area (Å²) in [6.45, 7) is 0. The molecule has 0 amide bonds. The predicted molar refractivity (Wildman–Crippen MR) is 66.6 cm³/mol. The number of fused-ring (bicyclic) bond motifs is 1. The Morgan fingerprint density at radius 1 is 1.25 bits per heavy atom. The van der Waals surface area contributed by atoms with E-state index in [1.807, 2.05) is 18.2 Å². The van der Waals surface area contributed by atoms with E-state index in [9.17, 15) is 10.2 Å². The lowest BCUT2D eigenvalue weighted by Crippen LogP contribution is -2.19. The molecule has 2 atom stereocenters. The third kappa shape index (κ3) is 2.04. The summed E-state index contributed by atoms with van der Waals surface area (Å²) in [5.74, 6) is 0.220. The van der Waals surface area contributed by atoms with Crippen molar-refractivity contribution in [1.82, 2.24) is 4.98 Å². The van der Waals surface area contributed by atoms with E-state index in [1.54, 1.807) is 18.5 Å². The molecule has 2 N–H and O–H groups in total. The third-order valence-electron chi connectivity index (χ3n) is 2.59. The maximum atomic E-state index is 9.96. The van der Waals surface area contributed by atoms with E-state index in [0.29, 0.717) is 5.56 Å². The van der Waals surface area contributed by atoms with Gasteiger partial charge in [-0.15, -0.1) is 0 Å². The van der Waals surface area contributed by atoms with Crippen molar-refractivity contribution in [1.29, 1.82) is 0 Å². The van der Waals surface area contributed by atoms with Crippen LogP contribution in [-0.2, 0) is 0 Å². The number of aliphatic hydroxyl groups is 2. The molecule has 0 spiro atoms. The van der Waals surface area contributed by atoms with Gasteiger partial charge in [0.25, 0.3) is 0 Å². The van der Waals surface area contributed by atoms with Crippen molar-refractivity contribution >= 4 is 23.4 Å². The molecule has 0 fully saturated rings. The number of thiol groups is 1. The Bertz CT molecular complexity index is 484. The molecular formula is C12H13NO2S. The first-order valence-corrected chi connectivity index (χ1v) is 5.67. The highest BCUT2D eigenvalue weighted by Crippen LogP contribution is 2.25. The predicted octanol–water partition coefficient (Wildman–Crippen LogP) is 1.56. The lowest BCUT2D eigenvalue weighted by molar-refractivity contribution is 0.0347. The third-order valence-corrected chi connectivity index (χ3v) is 2.96. The highest BCUT2D eigenvalue weighted by Gasteiger charge is 2.18. The second kappa shape index (κ2) is 4.82. The second-order valence-corrected chi connectivity index (χ2v) is 4.00. The lowest BCUT2D eigenvalue weighted by Gasteiger charge is -2.17. The normalized spacial score (nSPS) is 14.9. The van der Waals surface area contributed by atoms with Crippen LogP contribution in [0.1, 0.15) is 11.7 Å². The number of aromatic nitrogens is 1. The summed E-state index contributed by atoms with van der Waals surface area (Å²) in [6, 6.07) is 7.46. The van der Waals surface area contributed by atoms with E-state index in [2.05, 4.69) is 17.6 Å². The fourth-order valence-electron chi connectivity index (χ4n) is 1.70. The van der Waals surface area contributed by atoms with Crippen LogP contribution >= 0.6 is 12.6 Å². The second-order valence-electron chi connectivity index (χ2n) is 3.64. The molecule has 1 aromatic carbocycles. The molecule has 0 aliphatic carbocycles. The van der Waals surface area contributed by atoms with E-state index < -0.39 is 12.2 Å². The summed E-state index contributed by atoms with van der Waals surface area (Å²) in [6.07, 6.45) is 1.60. The number of hydrogen-bond acceptors (Lipinski definition) is 4. The zero-order valence-electron chi connectivity index (χ0n) is 8.61. The Hall–Kier alpha value is -1.10. The first-order valence-electron chi connectivity index (χ1n) is 5.03. The van der Waals surface area contributed by atoms with E-state index in [4.69, 9.17) is 0 Å². The topological polar surface area (TPSA) is 53.4 Å². The summed E-state index contributed by atoms with van der Waals surface area (Å²) in [5.41, 5.74) is 0.687. The average molecular weight is 235 g/mol. The van der Waals surface area contributed by atoms with Crippen LogP contribution in [0, 0.1) is 0 Å². The van der Waals surface area contributed by atoms with Crippen LogP contribution in [0.3, 0.4) is 0 Å². The first kappa shape index (κ1) is 11.4. The lowest BCUT2D eigenvalue weighted by atomic mass is 9.99. The van der Waals surface area contributed by atoms with Crippen molar-refractivity contribution in [2.24, 2.45) is 0 Å². The average Bonchev–Trinajstić information content (AvgIpc) is 2.36. The van der Waals surface area contributed by atoms with Crippen molar-refractivity contribution in [3.05, 3.63) is 42.2 Å². The monoisotopic (exact) mass is 235 g/mol. The number of rotatable bonds is 3. The molecule has 0 aliphatic heterocycles. The Morgan fingerprint density at radius 3 is 2.81 bits per heavy atom. The van der Waals surface area contributed by atoms with E-state index in [1.165, 1.54) is 0 Å². The number of nitrogens with zero attached hydrogens (tertiary/aromatic N) is 1. The summed E-state index contributed by atoms with van der Waals surface area (Å²) < 4.78 is 0. The molecule has 0 saturated heterocycles. The fraction of sp³-hybridized carbons (Fsp3) is 0.250. The number of pyridine rings is 1. The Kier molecular flexibility index (Phi) is 3.43. The van der Waals surface area contributed by atoms with Crippen LogP contribution in [0.4, 0.5) is 0 Å². The molecule has 16 heavy (non-hydrogen) atoms. The van der Waals surface area contributed by atoms with Crippen LogP contribution in [0.25, 0.3) is 10.8 Å². The van der Waals surface area contributed by atoms with Gasteiger partial charge in [-0.05, 0) is 17.0 Å². The minimum Gasteiger partial charge on any atom is -0.389 e. The van der Waals surface area contributed by atoms with Crippen molar-refractivity contribution in [2.75, 3.05) is 5.75 Å². The Labute approximate surface area is 99.2 Å². The van der Waals surface area contributed by atoms with Gasteiger partial charge in [-0.1, -0.05) is 18.2 Å². The highest BCUT2D eigenvalue weighted by molar-refractivity contribution is 7.80. The fourth-order valence-corrected chi connectivity index (χ4v) is 1.90. The van der Waals surface area contributed by atoms with Gasteiger partial charge in [0.2, 0.25) is 0 Å². The highest BCUT2D eigenvalue weighted by atomic mass is 32.1. The molecular weight excluding hydrogens is 222 g/mol. The molecule has 2 unspecified atom stereocenters. The maximum absolute atomic E-state index is 9.96. The Balaban J connectivity index is 2.52. The van der Waals surface area contributed by atoms with Crippen LogP contribution in [0.15, 0.2) is 36.7 Å². The maximum Gasteiger partial charge on any atom is 0.106 e. The Morgan fingerprint density at radius 2 is 2.06 bits per heavy atom. The first-order chi connectivity index (χ1) is 7.74. The molecule has 1 heterocycles. The van der Waals surface area contributed by atoms with Gasteiger partial charge in [-0.3, -0.25) is 4.98 Å². The van der Waals surface area contributed by atoms with Gasteiger partial charge in [-0.25, -0.2) is 0 Å². The van der Waals surface area contributed by atoms with Crippen LogP contribution in [0.2, 0.25) is 0 Å². The zero-order chi connectivity index (χ0) is 11.5. The van der Waals surface area contributed by atoms with Gasteiger partial charge in [-0.2, -0.15) is 12.6 Å². The standard InChI is InChI=1S/C12H13NO2S/c14-11(7-16)12(15)9-3-1-2-8-4-5-13-6-10(8)9/h1-6,11-12,14-16H,7H2. The number of benzene rings is 1. The SMILES string of the molecule is OC(CS)C(O)c1cccc2ccncc12. The molecule has 0 aliphatic rings. The minimum atomic E-state index is -0.926. The molecule has 0 bridgehead atoms. The molecule has 0 radical (unpaired) electrons. The molecule has 0 saturated carbocycles. The van der Waals surface area contributed by atoms with Gasteiger partial charge >= 0.3 is 0 Å². The number of hydrogen-bond donors (Lipinski definition) is 3. The van der Waals surface area contributed by atoms with Crippen LogP contribution in [-0.4, -0.2) is 27.1 Å². The van der Waals surface area contributed by atoms with Crippen LogP contribution in [0.5, 0.6) is 0 Å². The molecule has 4 heteroatoms. The van der Waals surface area contributed by atoms with Gasteiger partial charge in [0, 0.05) is 23.5 Å². The van der Waals surface area contributed by atoms with Gasteiger partial charge < -0.3 is 10.2 Å². The minimum absolute atomic E-state index is 0.220. The van der Waals surface area contributed by atoms with Crippen molar-refractivity contribution in [3.8, 4) is 0 Å².